The van der Waals surface area contributed by atoms with Crippen LogP contribution in [0.3, 0.4) is 0 Å². The van der Waals surface area contributed by atoms with E-state index in [1.807, 2.05) is 36.4 Å². The molecule has 1 fully saturated rings. The molecule has 0 atom stereocenters. The van der Waals surface area contributed by atoms with Gasteiger partial charge in [-0.05, 0) is 49.0 Å². The van der Waals surface area contributed by atoms with Crippen molar-refractivity contribution in [3.63, 3.8) is 0 Å². The van der Waals surface area contributed by atoms with E-state index in [0.29, 0.717) is 26.2 Å². The second-order valence-electron chi connectivity index (χ2n) is 7.22. The van der Waals surface area contributed by atoms with Crippen LogP contribution in [0.4, 0.5) is 0 Å². The van der Waals surface area contributed by atoms with E-state index < -0.39 is 10.0 Å². The molecule has 7 heteroatoms. The highest BCUT2D eigenvalue weighted by atomic mass is 32.2. The number of benzene rings is 1. The van der Waals surface area contributed by atoms with Crippen LogP contribution < -0.4 is 0 Å². The van der Waals surface area contributed by atoms with Crippen molar-refractivity contribution in [3.8, 4) is 0 Å². The fraction of sp³-hybridized carbons (Fsp3) is 0.381. The third-order valence-electron chi connectivity index (χ3n) is 5.33. The number of piperazine rings is 1. The molecule has 0 spiro atoms. The maximum Gasteiger partial charge on any atom is 0.264 e. The number of aryl methyl sites for hydroxylation is 2. The predicted octanol–water partition coefficient (Wildman–Crippen LogP) is 3.39. The predicted molar refractivity (Wildman–Crippen MR) is 113 cm³/mol. The Hall–Kier alpha value is -1.96. The molecular weight excluding hydrogens is 392 g/mol. The van der Waals surface area contributed by atoms with Crippen molar-refractivity contribution in [1.29, 1.82) is 0 Å². The molecule has 2 heterocycles. The van der Waals surface area contributed by atoms with Crippen LogP contribution in [-0.4, -0.2) is 49.7 Å². The zero-order valence-electron chi connectivity index (χ0n) is 15.7. The van der Waals surface area contributed by atoms with Crippen molar-refractivity contribution in [1.82, 2.24) is 9.21 Å². The molecule has 1 aliphatic carbocycles. The van der Waals surface area contributed by atoms with Gasteiger partial charge in [0.2, 0.25) is 10.0 Å². The Morgan fingerprint density at radius 2 is 1.71 bits per heavy atom. The first kappa shape index (κ1) is 19.4. The summed E-state index contributed by atoms with van der Waals surface area (Å²) in [6.07, 6.45) is 6.16. The largest absolute Gasteiger partial charge is 0.335 e. The van der Waals surface area contributed by atoms with E-state index in [9.17, 15) is 13.2 Å². The summed E-state index contributed by atoms with van der Waals surface area (Å²) >= 11 is 1.61. The highest BCUT2D eigenvalue weighted by molar-refractivity contribution is 7.92. The quantitative estimate of drug-likeness (QED) is 0.768. The normalized spacial score (nSPS) is 18.4. The number of carbonyl (C=O) groups excluding carboxylic acids is 1. The Labute approximate surface area is 170 Å². The molecule has 5 nitrogen and oxygen atoms in total. The van der Waals surface area contributed by atoms with Gasteiger partial charge in [-0.15, -0.1) is 11.3 Å². The molecule has 4 rings (SSSR count). The summed E-state index contributed by atoms with van der Waals surface area (Å²) < 4.78 is 26.6. The van der Waals surface area contributed by atoms with Crippen molar-refractivity contribution >= 4 is 33.3 Å². The minimum absolute atomic E-state index is 0.0382. The zero-order chi connectivity index (χ0) is 19.6. The van der Waals surface area contributed by atoms with E-state index >= 15 is 0 Å². The Bertz CT molecular complexity index is 949. The molecule has 2 aliphatic rings. The van der Waals surface area contributed by atoms with Gasteiger partial charge in [0.05, 0.1) is 4.88 Å². The number of nitrogens with zero attached hydrogens (tertiary/aromatic N) is 2. The highest BCUT2D eigenvalue weighted by Crippen LogP contribution is 2.30. The molecule has 1 amide bonds. The first-order valence-corrected chi connectivity index (χ1v) is 12.0. The molecule has 1 aromatic carbocycles. The zero-order valence-corrected chi connectivity index (χ0v) is 17.3. The van der Waals surface area contributed by atoms with Crippen LogP contribution in [0.1, 0.15) is 38.5 Å². The topological polar surface area (TPSA) is 57.7 Å². The number of fused-ring (bicyclic) bond motifs is 1. The number of amides is 1. The summed E-state index contributed by atoms with van der Waals surface area (Å²) in [5.41, 5.74) is 2.17. The van der Waals surface area contributed by atoms with Crippen LogP contribution in [0.15, 0.2) is 41.8 Å². The molecular formula is C21H24N2O3S2. The maximum absolute atomic E-state index is 12.8. The number of thiophene rings is 1. The maximum atomic E-state index is 12.8. The van der Waals surface area contributed by atoms with Crippen LogP contribution >= 0.6 is 11.3 Å². The molecule has 0 saturated carbocycles. The van der Waals surface area contributed by atoms with Crippen molar-refractivity contribution in [2.45, 2.75) is 25.7 Å². The van der Waals surface area contributed by atoms with Gasteiger partial charge in [-0.25, -0.2) is 8.42 Å². The summed E-state index contributed by atoms with van der Waals surface area (Å²) in [5.74, 6) is 0.0382. The van der Waals surface area contributed by atoms with Crippen LogP contribution in [0, 0.1) is 0 Å². The van der Waals surface area contributed by atoms with Crippen LogP contribution in [0.2, 0.25) is 0 Å². The molecule has 1 saturated heterocycles. The van der Waals surface area contributed by atoms with Gasteiger partial charge in [0.25, 0.3) is 5.91 Å². The number of carbonyl (C=O) groups is 1. The highest BCUT2D eigenvalue weighted by Gasteiger charge is 2.29. The second kappa shape index (κ2) is 8.19. The fourth-order valence-electron chi connectivity index (χ4n) is 3.71. The SMILES string of the molecule is O=C(c1cc2c(s1)CCCC2)N1CCN(S(=O)(=O)C=Cc2ccccc2)CC1. The average Bonchev–Trinajstić information content (AvgIpc) is 3.17. The first-order valence-electron chi connectivity index (χ1n) is 9.67. The van der Waals surface area contributed by atoms with Crippen molar-refractivity contribution in [2.75, 3.05) is 26.2 Å². The Balaban J connectivity index is 1.38. The first-order chi connectivity index (χ1) is 13.5. The summed E-state index contributed by atoms with van der Waals surface area (Å²) in [7, 11) is -3.48. The minimum Gasteiger partial charge on any atom is -0.335 e. The summed E-state index contributed by atoms with van der Waals surface area (Å²) in [5, 5.41) is 1.26. The number of hydrogen-bond donors (Lipinski definition) is 0. The lowest BCUT2D eigenvalue weighted by Gasteiger charge is -2.33. The van der Waals surface area contributed by atoms with Gasteiger partial charge in [0.1, 0.15) is 0 Å². The Kier molecular flexibility index (Phi) is 5.66. The molecule has 0 N–H and O–H groups in total. The van der Waals surface area contributed by atoms with Gasteiger partial charge >= 0.3 is 0 Å². The fourth-order valence-corrected chi connectivity index (χ4v) is 6.11. The van der Waals surface area contributed by atoms with E-state index in [1.54, 1.807) is 22.3 Å². The lowest BCUT2D eigenvalue weighted by molar-refractivity contribution is 0.0703. The van der Waals surface area contributed by atoms with Crippen molar-refractivity contribution < 1.29 is 13.2 Å². The summed E-state index contributed by atoms with van der Waals surface area (Å²) in [6.45, 7) is 1.52. The standard InChI is InChI=1S/C21H24N2O3S2/c24-21(20-16-18-8-4-5-9-19(18)27-20)22-11-13-23(14-12-22)28(25,26)15-10-17-6-2-1-3-7-17/h1-3,6-7,10,15-16H,4-5,8-9,11-14H2. The lowest BCUT2D eigenvalue weighted by Crippen LogP contribution is -2.49. The minimum atomic E-state index is -3.48. The molecule has 28 heavy (non-hydrogen) atoms. The molecule has 0 radical (unpaired) electrons. The van der Waals surface area contributed by atoms with E-state index in [4.69, 9.17) is 0 Å². The molecule has 1 aliphatic heterocycles. The van der Waals surface area contributed by atoms with Crippen molar-refractivity contribution in [2.24, 2.45) is 0 Å². The van der Waals surface area contributed by atoms with Crippen LogP contribution in [0.25, 0.3) is 6.08 Å². The van der Waals surface area contributed by atoms with E-state index in [0.717, 1.165) is 23.3 Å². The van der Waals surface area contributed by atoms with Gasteiger partial charge in [0.15, 0.2) is 0 Å². The van der Waals surface area contributed by atoms with Gasteiger partial charge in [-0.1, -0.05) is 30.3 Å². The molecule has 1 aromatic heterocycles. The van der Waals surface area contributed by atoms with Crippen molar-refractivity contribution in [3.05, 3.63) is 62.7 Å². The molecule has 148 valence electrons. The third kappa shape index (κ3) is 4.21. The summed E-state index contributed by atoms with van der Waals surface area (Å²) in [6, 6.07) is 11.4. The average molecular weight is 417 g/mol. The Morgan fingerprint density at radius 3 is 2.43 bits per heavy atom. The van der Waals surface area contributed by atoms with E-state index in [-0.39, 0.29) is 5.91 Å². The lowest BCUT2D eigenvalue weighted by atomic mass is 9.99. The van der Waals surface area contributed by atoms with E-state index in [2.05, 4.69) is 0 Å². The monoisotopic (exact) mass is 416 g/mol. The number of hydrogen-bond acceptors (Lipinski definition) is 4. The van der Waals surface area contributed by atoms with Crippen LogP contribution in [-0.2, 0) is 22.9 Å². The Morgan fingerprint density at radius 1 is 1.00 bits per heavy atom. The number of rotatable bonds is 4. The molecule has 0 unspecified atom stereocenters. The van der Waals surface area contributed by atoms with E-state index in [1.165, 1.54) is 33.0 Å². The second-order valence-corrected chi connectivity index (χ2v) is 10.2. The van der Waals surface area contributed by atoms with Crippen LogP contribution in [0.5, 0.6) is 0 Å². The van der Waals surface area contributed by atoms with Gasteiger partial charge in [-0.2, -0.15) is 4.31 Å². The molecule has 2 aromatic rings. The third-order valence-corrected chi connectivity index (χ3v) is 8.12. The molecule has 0 bridgehead atoms. The van der Waals surface area contributed by atoms with Gasteiger partial charge in [0, 0.05) is 36.5 Å². The van der Waals surface area contributed by atoms with Gasteiger partial charge in [-0.3, -0.25) is 4.79 Å². The number of sulfonamides is 1. The summed E-state index contributed by atoms with van der Waals surface area (Å²) in [4.78, 5) is 16.8. The smallest absolute Gasteiger partial charge is 0.264 e. The van der Waals surface area contributed by atoms with Gasteiger partial charge < -0.3 is 4.90 Å².